The Morgan fingerprint density at radius 1 is 1.36 bits per heavy atom. The first-order valence-corrected chi connectivity index (χ1v) is 6.59. The molecule has 6 heteroatoms. The third-order valence-corrected chi connectivity index (χ3v) is 2.66. The van der Waals surface area contributed by atoms with E-state index in [1.165, 1.54) is 6.92 Å². The maximum atomic E-state index is 8.08. The minimum Gasteiger partial charge on any atom is -0.338 e. The minimum absolute atomic E-state index is 0.0764. The van der Waals surface area contributed by atoms with Crippen LogP contribution in [0.3, 0.4) is 0 Å². The molecule has 1 rings (SSSR count). The average molecular weight is 222 g/mol. The summed E-state index contributed by atoms with van der Waals surface area (Å²) in [5.74, 6) is 1.14. The van der Waals surface area contributed by atoms with Crippen LogP contribution in [-0.2, 0) is 13.5 Å². The standard InChI is InChI=1S/C6H10N2.C2H9O3P/c1-3-6-7-4-5-8(6)2;1-2-6(3,4)5/h4-5H,3H2,1-2H3;3-6H,2H2,1H3. The summed E-state index contributed by atoms with van der Waals surface area (Å²) in [5.41, 5.74) is 0. The molecule has 1 aromatic rings. The van der Waals surface area contributed by atoms with Crippen LogP contribution in [0.4, 0.5) is 0 Å². The van der Waals surface area contributed by atoms with Gasteiger partial charge in [-0.3, -0.25) is 0 Å². The fourth-order valence-electron chi connectivity index (χ4n) is 0.737. The van der Waals surface area contributed by atoms with E-state index in [0.29, 0.717) is 0 Å². The zero-order chi connectivity index (χ0) is 11.2. The molecule has 0 aromatic carbocycles. The molecule has 1 heterocycles. The van der Waals surface area contributed by atoms with E-state index in [4.69, 9.17) is 14.7 Å². The number of rotatable bonds is 2. The van der Waals surface area contributed by atoms with Gasteiger partial charge in [0.25, 0.3) is 0 Å². The van der Waals surface area contributed by atoms with Crippen molar-refractivity contribution in [2.75, 3.05) is 6.16 Å². The fourth-order valence-corrected chi connectivity index (χ4v) is 0.737. The Balaban J connectivity index is 0.000000255. The summed E-state index contributed by atoms with van der Waals surface area (Å²) in [5, 5.41) is 0. The van der Waals surface area contributed by atoms with Crippen molar-refractivity contribution in [3.63, 3.8) is 0 Å². The van der Waals surface area contributed by atoms with Crippen molar-refractivity contribution in [2.24, 2.45) is 7.05 Å². The van der Waals surface area contributed by atoms with Crippen LogP contribution in [0.5, 0.6) is 0 Å². The predicted molar refractivity (Wildman–Crippen MR) is 58.1 cm³/mol. The molecule has 0 fully saturated rings. The number of imidazole rings is 1. The molecular formula is C8H19N2O3P. The summed E-state index contributed by atoms with van der Waals surface area (Å²) in [6.45, 7) is 3.62. The van der Waals surface area contributed by atoms with Crippen LogP contribution < -0.4 is 0 Å². The Morgan fingerprint density at radius 3 is 2.00 bits per heavy atom. The van der Waals surface area contributed by atoms with E-state index in [1.54, 1.807) is 0 Å². The molecule has 0 unspecified atom stereocenters. The Bertz CT molecular complexity index is 257. The molecule has 0 spiro atoms. The SMILES string of the molecule is CC[PH](O)(O)O.CCc1nccn1C. The molecule has 0 saturated heterocycles. The van der Waals surface area contributed by atoms with E-state index < -0.39 is 7.94 Å². The first-order valence-electron chi connectivity index (χ1n) is 4.54. The third-order valence-electron chi connectivity index (χ3n) is 1.71. The van der Waals surface area contributed by atoms with Crippen LogP contribution in [-0.4, -0.2) is 30.4 Å². The van der Waals surface area contributed by atoms with Gasteiger partial charge in [0.05, 0.1) is 0 Å². The van der Waals surface area contributed by atoms with Gasteiger partial charge in [-0.25, -0.2) is 4.98 Å². The van der Waals surface area contributed by atoms with E-state index in [2.05, 4.69) is 11.9 Å². The van der Waals surface area contributed by atoms with Crippen molar-refractivity contribution in [3.8, 4) is 0 Å². The van der Waals surface area contributed by atoms with Crippen molar-refractivity contribution in [2.45, 2.75) is 20.3 Å². The molecule has 14 heavy (non-hydrogen) atoms. The fraction of sp³-hybridized carbons (Fsp3) is 0.625. The molecule has 0 radical (unpaired) electrons. The van der Waals surface area contributed by atoms with Gasteiger partial charge in [-0.15, -0.1) is 0 Å². The Hall–Kier alpha value is -0.480. The molecule has 0 saturated carbocycles. The molecule has 3 N–H and O–H groups in total. The second-order valence-corrected chi connectivity index (χ2v) is 5.19. The van der Waals surface area contributed by atoms with Gasteiger partial charge in [0, 0.05) is 25.9 Å². The van der Waals surface area contributed by atoms with Crippen molar-refractivity contribution < 1.29 is 14.7 Å². The summed E-state index contributed by atoms with van der Waals surface area (Å²) in [6.07, 6.45) is 4.87. The zero-order valence-electron chi connectivity index (χ0n) is 8.80. The molecule has 0 amide bonds. The van der Waals surface area contributed by atoms with Crippen LogP contribution in [0, 0.1) is 0 Å². The number of hydrogen-bond donors (Lipinski definition) is 3. The van der Waals surface area contributed by atoms with Gasteiger partial charge < -0.3 is 4.57 Å². The third kappa shape index (κ3) is 6.05. The smallest absolute Gasteiger partial charge is 0.108 e. The molecule has 0 aliphatic rings. The van der Waals surface area contributed by atoms with Crippen LogP contribution in [0.2, 0.25) is 0 Å². The Kier molecular flexibility index (Phi) is 5.88. The van der Waals surface area contributed by atoms with Gasteiger partial charge in [0.1, 0.15) is 5.82 Å². The molecular weight excluding hydrogens is 203 g/mol. The van der Waals surface area contributed by atoms with Gasteiger partial charge in [0.15, 0.2) is 0 Å². The molecule has 0 atom stereocenters. The second-order valence-electron chi connectivity index (χ2n) is 2.94. The molecule has 5 nitrogen and oxygen atoms in total. The first kappa shape index (κ1) is 13.5. The van der Waals surface area contributed by atoms with E-state index >= 15 is 0 Å². The van der Waals surface area contributed by atoms with Crippen LogP contribution in [0.15, 0.2) is 12.4 Å². The Morgan fingerprint density at radius 2 is 1.86 bits per heavy atom. The first-order chi connectivity index (χ1) is 6.40. The average Bonchev–Trinajstić information content (AvgIpc) is 2.51. The maximum absolute atomic E-state index is 8.08. The van der Waals surface area contributed by atoms with E-state index in [1.807, 2.05) is 24.0 Å². The molecule has 0 aliphatic heterocycles. The second kappa shape index (κ2) is 6.09. The maximum Gasteiger partial charge on any atom is 0.108 e. The minimum atomic E-state index is -3.63. The molecule has 0 bridgehead atoms. The predicted octanol–water partition coefficient (Wildman–Crippen LogP) is 0.461. The van der Waals surface area contributed by atoms with Crippen molar-refractivity contribution in [1.29, 1.82) is 0 Å². The summed E-state index contributed by atoms with van der Waals surface area (Å²) in [7, 11) is -1.63. The quantitative estimate of drug-likeness (QED) is 0.635. The van der Waals surface area contributed by atoms with Gasteiger partial charge in [0.2, 0.25) is 0 Å². The van der Waals surface area contributed by atoms with Crippen molar-refractivity contribution >= 4 is 7.94 Å². The normalized spacial score (nSPS) is 11.9. The van der Waals surface area contributed by atoms with Crippen LogP contribution in [0.25, 0.3) is 0 Å². The largest absolute Gasteiger partial charge is 0.338 e. The van der Waals surface area contributed by atoms with Crippen molar-refractivity contribution in [3.05, 3.63) is 18.2 Å². The van der Waals surface area contributed by atoms with Gasteiger partial charge in [-0.05, 0) is 0 Å². The van der Waals surface area contributed by atoms with Crippen LogP contribution in [0.1, 0.15) is 19.7 Å². The Labute approximate surface area is 84.6 Å². The summed E-state index contributed by atoms with van der Waals surface area (Å²) >= 11 is 0. The summed E-state index contributed by atoms with van der Waals surface area (Å²) in [6, 6.07) is 0. The monoisotopic (exact) mass is 222 g/mol. The zero-order valence-corrected chi connectivity index (χ0v) is 9.80. The molecule has 0 aliphatic carbocycles. The van der Waals surface area contributed by atoms with E-state index in [0.717, 1.165) is 12.2 Å². The summed E-state index contributed by atoms with van der Waals surface area (Å²) < 4.78 is 2.03. The number of nitrogens with zero attached hydrogens (tertiary/aromatic N) is 2. The van der Waals surface area contributed by atoms with Gasteiger partial charge >= 0.3 is 35.7 Å². The molecule has 84 valence electrons. The topological polar surface area (TPSA) is 78.5 Å². The molecule has 1 aromatic heterocycles. The van der Waals surface area contributed by atoms with Gasteiger partial charge in [-0.2, -0.15) is 0 Å². The van der Waals surface area contributed by atoms with Gasteiger partial charge in [-0.1, -0.05) is 6.92 Å². The van der Waals surface area contributed by atoms with Crippen LogP contribution >= 0.6 is 7.94 Å². The number of aromatic nitrogens is 2. The van der Waals surface area contributed by atoms with E-state index in [9.17, 15) is 0 Å². The van der Waals surface area contributed by atoms with E-state index in [-0.39, 0.29) is 6.16 Å². The number of aryl methyl sites for hydroxylation is 2. The van der Waals surface area contributed by atoms with Crippen molar-refractivity contribution in [1.82, 2.24) is 9.55 Å². The summed E-state index contributed by atoms with van der Waals surface area (Å²) in [4.78, 5) is 28.3. The number of hydrogen-bond acceptors (Lipinski definition) is 4.